The largest absolute Gasteiger partial charge is 0.394 e. The molecule has 2 aliphatic rings. The van der Waals surface area contributed by atoms with Crippen LogP contribution in [-0.2, 0) is 23.7 Å². The number of aliphatic hydroxyl groups excluding tert-OH is 8. The maximum atomic E-state index is 13.3. The lowest BCUT2D eigenvalue weighted by Gasteiger charge is -2.46. The van der Waals surface area contributed by atoms with Crippen LogP contribution in [0.15, 0.2) is 48.6 Å². The van der Waals surface area contributed by atoms with Crippen molar-refractivity contribution in [1.82, 2.24) is 5.32 Å². The predicted octanol–water partition coefficient (Wildman–Crippen LogP) is 14.3. The molecule has 0 bridgehead atoms. The van der Waals surface area contributed by atoms with Crippen LogP contribution in [0.2, 0.25) is 0 Å². The number of hydrogen-bond acceptors (Lipinski definition) is 13. The number of rotatable bonds is 58. The van der Waals surface area contributed by atoms with Gasteiger partial charge in [0, 0.05) is 6.42 Å². The van der Waals surface area contributed by atoms with Crippen LogP contribution in [0.3, 0.4) is 0 Å². The Morgan fingerprint density at radius 1 is 0.424 bits per heavy atom. The lowest BCUT2D eigenvalue weighted by atomic mass is 9.97. The van der Waals surface area contributed by atoms with Crippen LogP contribution in [0.1, 0.15) is 303 Å². The van der Waals surface area contributed by atoms with E-state index in [1.54, 1.807) is 6.08 Å². The third-order valence-electron chi connectivity index (χ3n) is 17.2. The molecule has 14 heteroatoms. The van der Waals surface area contributed by atoms with Gasteiger partial charge < -0.3 is 65.1 Å². The highest BCUT2D eigenvalue weighted by atomic mass is 16.7. The molecule has 498 valence electrons. The van der Waals surface area contributed by atoms with Gasteiger partial charge in [0.25, 0.3) is 0 Å². The Balaban J connectivity index is 1.61. The topological polar surface area (TPSA) is 228 Å². The van der Waals surface area contributed by atoms with Crippen molar-refractivity contribution in [1.29, 1.82) is 0 Å². The van der Waals surface area contributed by atoms with Crippen LogP contribution in [0.4, 0.5) is 0 Å². The molecule has 85 heavy (non-hydrogen) atoms. The minimum Gasteiger partial charge on any atom is -0.394 e. The Morgan fingerprint density at radius 3 is 1.22 bits per heavy atom. The summed E-state index contributed by atoms with van der Waals surface area (Å²) in [5.41, 5.74) is 0. The molecule has 2 saturated heterocycles. The summed E-state index contributed by atoms with van der Waals surface area (Å²) in [4.78, 5) is 13.3. The number of aliphatic hydroxyl groups is 8. The minimum atomic E-state index is -1.79. The van der Waals surface area contributed by atoms with Crippen molar-refractivity contribution in [3.63, 3.8) is 0 Å². The number of unbranched alkanes of at least 4 members (excludes halogenated alkanes) is 39. The first-order chi connectivity index (χ1) is 41.6. The lowest BCUT2D eigenvalue weighted by molar-refractivity contribution is -0.359. The van der Waals surface area contributed by atoms with Crippen molar-refractivity contribution in [3.8, 4) is 0 Å². The molecule has 2 heterocycles. The number of carbonyl (C=O) groups is 1. The van der Waals surface area contributed by atoms with E-state index in [0.717, 1.165) is 38.5 Å². The van der Waals surface area contributed by atoms with Crippen molar-refractivity contribution in [3.05, 3.63) is 48.6 Å². The maximum absolute atomic E-state index is 13.3. The summed E-state index contributed by atoms with van der Waals surface area (Å²) in [5.74, 6) is -0.245. The van der Waals surface area contributed by atoms with E-state index in [-0.39, 0.29) is 18.9 Å². The molecule has 2 rings (SSSR count). The van der Waals surface area contributed by atoms with Crippen LogP contribution in [0.5, 0.6) is 0 Å². The summed E-state index contributed by atoms with van der Waals surface area (Å²) in [7, 11) is 0. The number of allylic oxidation sites excluding steroid dienone is 7. The molecule has 14 nitrogen and oxygen atoms in total. The third-order valence-corrected chi connectivity index (χ3v) is 17.2. The van der Waals surface area contributed by atoms with Gasteiger partial charge in [-0.1, -0.05) is 281 Å². The molecule has 0 aromatic heterocycles. The van der Waals surface area contributed by atoms with E-state index in [9.17, 15) is 45.6 Å². The molecule has 0 saturated carbocycles. The zero-order chi connectivity index (χ0) is 61.6. The van der Waals surface area contributed by atoms with Gasteiger partial charge in [0.15, 0.2) is 12.6 Å². The average Bonchev–Trinajstić information content (AvgIpc) is 3.70. The van der Waals surface area contributed by atoms with Gasteiger partial charge in [-0.05, 0) is 64.2 Å². The van der Waals surface area contributed by atoms with Gasteiger partial charge in [-0.3, -0.25) is 4.79 Å². The fourth-order valence-corrected chi connectivity index (χ4v) is 11.6. The van der Waals surface area contributed by atoms with Crippen molar-refractivity contribution >= 4 is 5.91 Å². The van der Waals surface area contributed by atoms with Crippen LogP contribution in [0, 0.1) is 0 Å². The Bertz CT molecular complexity index is 1610. The van der Waals surface area contributed by atoms with Gasteiger partial charge in [-0.15, -0.1) is 0 Å². The summed E-state index contributed by atoms with van der Waals surface area (Å²) < 4.78 is 22.8. The monoisotopic (exact) mass is 1210 g/mol. The summed E-state index contributed by atoms with van der Waals surface area (Å²) in [5, 5.41) is 87.3. The van der Waals surface area contributed by atoms with Gasteiger partial charge in [0.2, 0.25) is 5.91 Å². The standard InChI is InChI=1S/C71H131NO13/c1-3-5-7-9-11-13-15-17-19-21-22-23-24-25-26-27-28-29-30-31-32-33-34-35-36-37-38-39-41-43-45-47-49-51-53-55-63(76)72-59(60(75)54-52-50-48-46-44-42-40-20-18-16-14-12-10-8-6-4-2)58-82-70-68(81)66(79)69(62(57-74)84-70)85-71-67(80)65(78)64(77)61(56-73)83-71/h15,17,21-22,44,46,52,54,59-62,64-71,73-75,77-81H,3-14,16,18-20,23-43,45,47-51,53,55-58H2,1-2H3,(H,72,76)/b17-15-,22-21-,46-44+,54-52+. The third kappa shape index (κ3) is 40.3. The van der Waals surface area contributed by atoms with Gasteiger partial charge >= 0.3 is 0 Å². The molecular weight excluding hydrogens is 1070 g/mol. The molecule has 0 radical (unpaired) electrons. The fourth-order valence-electron chi connectivity index (χ4n) is 11.6. The van der Waals surface area contributed by atoms with Crippen LogP contribution in [-0.4, -0.2) is 140 Å². The van der Waals surface area contributed by atoms with Crippen molar-refractivity contribution in [2.45, 2.75) is 376 Å². The molecule has 12 atom stereocenters. The first kappa shape index (κ1) is 79.0. The molecule has 0 aromatic rings. The molecule has 2 fully saturated rings. The number of nitrogens with one attached hydrogen (secondary N) is 1. The van der Waals surface area contributed by atoms with Crippen LogP contribution < -0.4 is 5.32 Å². The van der Waals surface area contributed by atoms with Gasteiger partial charge in [0.1, 0.15) is 48.8 Å². The van der Waals surface area contributed by atoms with Gasteiger partial charge in [-0.25, -0.2) is 0 Å². The van der Waals surface area contributed by atoms with E-state index < -0.39 is 86.8 Å². The van der Waals surface area contributed by atoms with Crippen LogP contribution in [0.25, 0.3) is 0 Å². The summed E-state index contributed by atoms with van der Waals surface area (Å²) in [6, 6.07) is -0.931. The average molecular weight is 1210 g/mol. The van der Waals surface area contributed by atoms with E-state index in [4.69, 9.17) is 18.9 Å². The number of ether oxygens (including phenoxy) is 4. The fraction of sp³-hybridized carbons (Fsp3) is 0.873. The summed E-state index contributed by atoms with van der Waals surface area (Å²) >= 11 is 0. The van der Waals surface area contributed by atoms with E-state index >= 15 is 0 Å². The molecule has 0 aromatic carbocycles. The lowest BCUT2D eigenvalue weighted by Crippen LogP contribution is -2.65. The second-order valence-electron chi connectivity index (χ2n) is 25.0. The number of amides is 1. The molecule has 1 amide bonds. The van der Waals surface area contributed by atoms with E-state index in [1.807, 2.05) is 6.08 Å². The first-order valence-electron chi connectivity index (χ1n) is 35.4. The van der Waals surface area contributed by atoms with E-state index in [0.29, 0.717) is 12.8 Å². The van der Waals surface area contributed by atoms with Crippen LogP contribution >= 0.6 is 0 Å². The molecule has 2 aliphatic heterocycles. The Hall–Kier alpha value is -2.05. The highest BCUT2D eigenvalue weighted by molar-refractivity contribution is 5.76. The molecular formula is C71H131NO13. The number of carbonyl (C=O) groups excluding carboxylic acids is 1. The maximum Gasteiger partial charge on any atom is 0.220 e. The molecule has 0 aliphatic carbocycles. The predicted molar refractivity (Wildman–Crippen MR) is 346 cm³/mol. The van der Waals surface area contributed by atoms with Gasteiger partial charge in [0.05, 0.1) is 32.0 Å². The summed E-state index contributed by atoms with van der Waals surface area (Å²) in [6.07, 6.45) is 56.2. The Morgan fingerprint density at radius 2 is 0.788 bits per heavy atom. The normalized spacial score (nSPS) is 23.8. The van der Waals surface area contributed by atoms with E-state index in [1.165, 1.54) is 231 Å². The SMILES string of the molecule is CCCCCCC/C=C\C/C=C\CCCCCCCCCCCCCCCCCCCCCCCCCC(=O)NC(COC1OC(CO)C(OC2OC(CO)C(O)C(O)C2O)C(O)C1O)C(O)/C=C/CC/C=C/CCCCCCCCCCCC. The van der Waals surface area contributed by atoms with Crippen molar-refractivity contribution in [2.75, 3.05) is 19.8 Å². The van der Waals surface area contributed by atoms with Gasteiger partial charge in [-0.2, -0.15) is 0 Å². The first-order valence-corrected chi connectivity index (χ1v) is 35.4. The zero-order valence-corrected chi connectivity index (χ0v) is 54.1. The van der Waals surface area contributed by atoms with E-state index in [2.05, 4.69) is 55.6 Å². The second kappa shape index (κ2) is 56.0. The quantitative estimate of drug-likeness (QED) is 0.0204. The number of hydrogen-bond donors (Lipinski definition) is 9. The molecule has 9 N–H and O–H groups in total. The minimum absolute atomic E-state index is 0.245. The van der Waals surface area contributed by atoms with Crippen molar-refractivity contribution < 1.29 is 64.6 Å². The highest BCUT2D eigenvalue weighted by Gasteiger charge is 2.51. The molecule has 0 spiro atoms. The Labute approximate surface area is 518 Å². The molecule has 12 unspecified atom stereocenters. The second-order valence-corrected chi connectivity index (χ2v) is 25.0. The zero-order valence-electron chi connectivity index (χ0n) is 54.1. The smallest absolute Gasteiger partial charge is 0.220 e. The summed E-state index contributed by atoms with van der Waals surface area (Å²) in [6.45, 7) is 2.80. The van der Waals surface area contributed by atoms with Crippen molar-refractivity contribution in [2.24, 2.45) is 0 Å². The highest BCUT2D eigenvalue weighted by Crippen LogP contribution is 2.30. The Kier molecular flexibility index (Phi) is 52.1.